The molecule has 0 aliphatic carbocycles. The smallest absolute Gasteiger partial charge is 0.348 e. The number of benzene rings is 2. The van der Waals surface area contributed by atoms with Gasteiger partial charge >= 0.3 is 6.18 Å². The van der Waals surface area contributed by atoms with E-state index >= 15 is 0 Å². The molecular weight excluding hydrogens is 412 g/mol. The second-order valence-electron chi connectivity index (χ2n) is 6.35. The Morgan fingerprint density at radius 1 is 1.17 bits per heavy atom. The van der Waals surface area contributed by atoms with E-state index in [0.29, 0.717) is 11.1 Å². The van der Waals surface area contributed by atoms with Crippen molar-refractivity contribution >= 4 is 28.8 Å². The van der Waals surface area contributed by atoms with Gasteiger partial charge in [-0.3, -0.25) is 19.7 Å². The molecule has 1 heterocycles. The summed E-state index contributed by atoms with van der Waals surface area (Å²) in [5.41, 5.74) is -0.314. The van der Waals surface area contributed by atoms with Gasteiger partial charge in [-0.05, 0) is 53.6 Å². The molecule has 1 aliphatic heterocycles. The minimum Gasteiger partial charge on any atom is -0.348 e. The van der Waals surface area contributed by atoms with Crippen molar-refractivity contribution in [2.24, 2.45) is 0 Å². The van der Waals surface area contributed by atoms with E-state index in [2.05, 4.69) is 10.6 Å². The van der Waals surface area contributed by atoms with Crippen molar-refractivity contribution in [2.75, 3.05) is 0 Å². The third kappa shape index (κ3) is 4.58. The topological polar surface area (TPSA) is 75.3 Å². The van der Waals surface area contributed by atoms with Gasteiger partial charge in [0.1, 0.15) is 11.1 Å². The predicted octanol–water partition coefficient (Wildman–Crippen LogP) is 4.11. The number of carbonyl (C=O) groups is 3. The number of hydrogen-bond acceptors (Lipinski definition) is 4. The van der Waals surface area contributed by atoms with Crippen LogP contribution in [-0.4, -0.2) is 17.1 Å². The molecule has 1 aliphatic rings. The summed E-state index contributed by atoms with van der Waals surface area (Å²) in [6.07, 6.45) is -4.46. The molecule has 5 nitrogen and oxygen atoms in total. The first kappa shape index (κ1) is 20.8. The average molecular weight is 426 g/mol. The standard InChI is InChI=1S/C19H14F4N2O3S/c1-9-6-11(15-17(27)25-18(28)29-15)7-13(14(9)20)16(26)24-8-10-2-4-12(5-3-10)19(21,22)23/h2-7,15H,8H2,1H3,(H,24,26)(H,25,27,28). The number of rotatable bonds is 4. The van der Waals surface area contributed by atoms with Crippen LogP contribution in [0.15, 0.2) is 36.4 Å². The fourth-order valence-corrected chi connectivity index (χ4v) is 3.59. The van der Waals surface area contributed by atoms with Gasteiger partial charge in [-0.1, -0.05) is 18.2 Å². The van der Waals surface area contributed by atoms with Gasteiger partial charge in [0.25, 0.3) is 11.1 Å². The number of halogens is 4. The summed E-state index contributed by atoms with van der Waals surface area (Å²) in [6.45, 7) is 1.31. The molecule has 1 fully saturated rings. The molecule has 29 heavy (non-hydrogen) atoms. The third-order valence-corrected chi connectivity index (χ3v) is 5.28. The molecule has 3 amide bonds. The molecule has 1 saturated heterocycles. The summed E-state index contributed by atoms with van der Waals surface area (Å²) < 4.78 is 52.2. The maximum atomic E-state index is 14.4. The second-order valence-corrected chi connectivity index (χ2v) is 7.43. The highest BCUT2D eigenvalue weighted by molar-refractivity contribution is 8.15. The Kier molecular flexibility index (Phi) is 5.65. The molecule has 3 rings (SSSR count). The molecule has 2 N–H and O–H groups in total. The summed E-state index contributed by atoms with van der Waals surface area (Å²) >= 11 is 0.730. The Morgan fingerprint density at radius 2 is 1.83 bits per heavy atom. The van der Waals surface area contributed by atoms with Crippen LogP contribution in [-0.2, 0) is 17.5 Å². The quantitative estimate of drug-likeness (QED) is 0.722. The lowest BCUT2D eigenvalue weighted by Gasteiger charge is -2.13. The summed E-state index contributed by atoms with van der Waals surface area (Å²) in [5.74, 6) is -2.13. The number of thioether (sulfide) groups is 1. The molecule has 1 atom stereocenters. The van der Waals surface area contributed by atoms with Crippen molar-refractivity contribution < 1.29 is 31.9 Å². The van der Waals surface area contributed by atoms with Crippen LogP contribution in [0.2, 0.25) is 0 Å². The molecule has 10 heteroatoms. The van der Waals surface area contributed by atoms with Gasteiger partial charge in [-0.2, -0.15) is 13.2 Å². The van der Waals surface area contributed by atoms with Crippen molar-refractivity contribution in [1.29, 1.82) is 0 Å². The first-order valence-electron chi connectivity index (χ1n) is 8.32. The van der Waals surface area contributed by atoms with Crippen molar-refractivity contribution in [2.45, 2.75) is 24.9 Å². The highest BCUT2D eigenvalue weighted by Crippen LogP contribution is 2.35. The number of carbonyl (C=O) groups excluding carboxylic acids is 3. The minimum absolute atomic E-state index is 0.114. The summed E-state index contributed by atoms with van der Waals surface area (Å²) in [4.78, 5) is 35.6. The lowest BCUT2D eigenvalue weighted by atomic mass is 10.0. The third-order valence-electron chi connectivity index (χ3n) is 4.25. The molecular formula is C19H14F4N2O3S. The Hall–Kier alpha value is -2.88. The molecule has 0 radical (unpaired) electrons. The van der Waals surface area contributed by atoms with Crippen molar-refractivity contribution in [3.05, 3.63) is 70.0 Å². The van der Waals surface area contributed by atoms with E-state index in [-0.39, 0.29) is 17.7 Å². The van der Waals surface area contributed by atoms with Crippen LogP contribution in [0.1, 0.15) is 37.9 Å². The highest BCUT2D eigenvalue weighted by Gasteiger charge is 2.34. The second kappa shape index (κ2) is 7.86. The van der Waals surface area contributed by atoms with Crippen LogP contribution in [0.5, 0.6) is 0 Å². The van der Waals surface area contributed by atoms with Gasteiger partial charge in [0, 0.05) is 6.54 Å². The van der Waals surface area contributed by atoms with E-state index in [4.69, 9.17) is 0 Å². The van der Waals surface area contributed by atoms with Crippen LogP contribution in [0, 0.1) is 12.7 Å². The van der Waals surface area contributed by atoms with E-state index in [1.54, 1.807) is 0 Å². The zero-order valence-electron chi connectivity index (χ0n) is 14.9. The number of alkyl halides is 3. The summed E-state index contributed by atoms with van der Waals surface area (Å²) in [6, 6.07) is 6.79. The SMILES string of the molecule is Cc1cc(C2SC(=O)NC2=O)cc(C(=O)NCc2ccc(C(F)(F)F)cc2)c1F. The van der Waals surface area contributed by atoms with Crippen LogP contribution < -0.4 is 10.6 Å². The number of aryl methyl sites for hydroxylation is 1. The van der Waals surface area contributed by atoms with Gasteiger partial charge < -0.3 is 5.32 Å². The van der Waals surface area contributed by atoms with Gasteiger partial charge in [0.15, 0.2) is 0 Å². The van der Waals surface area contributed by atoms with E-state index in [9.17, 15) is 31.9 Å². The molecule has 1 unspecified atom stereocenters. The largest absolute Gasteiger partial charge is 0.416 e. The molecule has 0 aromatic heterocycles. The van der Waals surface area contributed by atoms with Crippen LogP contribution in [0.4, 0.5) is 22.4 Å². The molecule has 0 saturated carbocycles. The van der Waals surface area contributed by atoms with Crippen molar-refractivity contribution in [3.63, 3.8) is 0 Å². The molecule has 0 bridgehead atoms. The Morgan fingerprint density at radius 3 is 2.38 bits per heavy atom. The van der Waals surface area contributed by atoms with Crippen LogP contribution in [0.3, 0.4) is 0 Å². The number of hydrogen-bond donors (Lipinski definition) is 2. The maximum Gasteiger partial charge on any atom is 0.416 e. The maximum absolute atomic E-state index is 14.4. The Labute approximate surface area is 166 Å². The first-order chi connectivity index (χ1) is 13.6. The first-order valence-corrected chi connectivity index (χ1v) is 9.20. The Bertz CT molecular complexity index is 990. The van der Waals surface area contributed by atoms with E-state index in [1.807, 2.05) is 0 Å². The highest BCUT2D eigenvalue weighted by atomic mass is 32.2. The summed E-state index contributed by atoms with van der Waals surface area (Å²) in [5, 5.41) is 3.15. The van der Waals surface area contributed by atoms with E-state index < -0.39 is 39.9 Å². The molecule has 2 aromatic rings. The zero-order chi connectivity index (χ0) is 21.3. The normalized spacial score (nSPS) is 16.7. The lowest BCUT2D eigenvalue weighted by molar-refractivity contribution is -0.137. The monoisotopic (exact) mass is 426 g/mol. The van der Waals surface area contributed by atoms with Crippen molar-refractivity contribution in [1.82, 2.24) is 10.6 Å². The van der Waals surface area contributed by atoms with Gasteiger partial charge in [0.05, 0.1) is 11.1 Å². The number of imide groups is 1. The average Bonchev–Trinajstić information content (AvgIpc) is 2.99. The zero-order valence-corrected chi connectivity index (χ0v) is 15.7. The van der Waals surface area contributed by atoms with Crippen LogP contribution in [0.25, 0.3) is 0 Å². The van der Waals surface area contributed by atoms with E-state index in [1.165, 1.54) is 31.2 Å². The van der Waals surface area contributed by atoms with Gasteiger partial charge in [0.2, 0.25) is 5.91 Å². The van der Waals surface area contributed by atoms with Crippen molar-refractivity contribution in [3.8, 4) is 0 Å². The van der Waals surface area contributed by atoms with Crippen LogP contribution >= 0.6 is 11.8 Å². The molecule has 2 aromatic carbocycles. The summed E-state index contributed by atoms with van der Waals surface area (Å²) in [7, 11) is 0. The molecule has 0 spiro atoms. The van der Waals surface area contributed by atoms with E-state index in [0.717, 1.165) is 23.9 Å². The fourth-order valence-electron chi connectivity index (χ4n) is 2.78. The van der Waals surface area contributed by atoms with Gasteiger partial charge in [-0.25, -0.2) is 4.39 Å². The van der Waals surface area contributed by atoms with Gasteiger partial charge in [-0.15, -0.1) is 0 Å². The fraction of sp³-hybridized carbons (Fsp3) is 0.211. The molecule has 152 valence electrons. The number of amides is 3. The lowest BCUT2D eigenvalue weighted by Crippen LogP contribution is -2.25. The number of nitrogens with one attached hydrogen (secondary N) is 2. The predicted molar refractivity (Wildman–Crippen MR) is 97.6 cm³/mol. The minimum atomic E-state index is -4.46. The Balaban J connectivity index is 1.77.